The first kappa shape index (κ1) is 19.8. The third kappa shape index (κ3) is 5.51. The Kier molecular flexibility index (Phi) is 7.07. The summed E-state index contributed by atoms with van der Waals surface area (Å²) in [5.41, 5.74) is 4.33. The minimum atomic E-state index is -0.0306. The van der Waals surface area contributed by atoms with E-state index in [-0.39, 0.29) is 12.0 Å². The third-order valence-corrected chi connectivity index (χ3v) is 4.10. The average Bonchev–Trinajstić information content (AvgIpc) is 2.57. The summed E-state index contributed by atoms with van der Waals surface area (Å²) in [6.45, 7) is 11.0. The van der Waals surface area contributed by atoms with E-state index in [0.29, 0.717) is 30.3 Å². The molecule has 26 heavy (non-hydrogen) atoms. The molecule has 140 valence electrons. The predicted octanol–water partition coefficient (Wildman–Crippen LogP) is 5.35. The van der Waals surface area contributed by atoms with Crippen molar-refractivity contribution in [3.05, 3.63) is 53.6 Å². The highest BCUT2D eigenvalue weighted by molar-refractivity contribution is 5.92. The lowest BCUT2D eigenvalue weighted by Gasteiger charge is -2.17. The number of amides is 1. The van der Waals surface area contributed by atoms with Gasteiger partial charge in [-0.05, 0) is 49.9 Å². The minimum absolute atomic E-state index is 0.0306. The van der Waals surface area contributed by atoms with Crippen LogP contribution >= 0.6 is 0 Å². The Balaban J connectivity index is 1.95. The zero-order valence-corrected chi connectivity index (χ0v) is 16.4. The van der Waals surface area contributed by atoms with E-state index in [1.807, 2.05) is 38.1 Å². The van der Waals surface area contributed by atoms with Crippen molar-refractivity contribution in [2.75, 3.05) is 17.2 Å². The first-order chi connectivity index (χ1) is 12.4. The smallest absolute Gasteiger partial charge is 0.226 e. The molecule has 1 amide bonds. The number of benzene rings is 2. The van der Waals surface area contributed by atoms with Gasteiger partial charge in [0, 0.05) is 18.7 Å². The van der Waals surface area contributed by atoms with Gasteiger partial charge in [-0.15, -0.1) is 0 Å². The summed E-state index contributed by atoms with van der Waals surface area (Å²) in [6, 6.07) is 13.8. The lowest BCUT2D eigenvalue weighted by Crippen LogP contribution is -2.18. The van der Waals surface area contributed by atoms with E-state index in [1.54, 1.807) is 0 Å². The standard InChI is InChI=1S/C22H30N2O2/c1-15(2)18-10-8-9-17(5)22(18)23-14-13-21(25)24-19-11-6-7-12-20(19)26-16(3)4/h6-12,15-16,23H,13-14H2,1-5H3,(H,24,25). The number of hydrogen-bond acceptors (Lipinski definition) is 3. The Bertz CT molecular complexity index is 739. The molecule has 4 nitrogen and oxygen atoms in total. The highest BCUT2D eigenvalue weighted by Gasteiger charge is 2.11. The van der Waals surface area contributed by atoms with Crippen LogP contribution in [0.5, 0.6) is 5.75 Å². The number of rotatable bonds is 8. The van der Waals surface area contributed by atoms with Crippen molar-refractivity contribution in [3.8, 4) is 5.75 Å². The van der Waals surface area contributed by atoms with Crippen molar-refractivity contribution >= 4 is 17.3 Å². The van der Waals surface area contributed by atoms with Crippen LogP contribution in [0.2, 0.25) is 0 Å². The molecular weight excluding hydrogens is 324 g/mol. The van der Waals surface area contributed by atoms with Gasteiger partial charge >= 0.3 is 0 Å². The zero-order chi connectivity index (χ0) is 19.1. The molecule has 0 spiro atoms. The van der Waals surface area contributed by atoms with E-state index in [2.05, 4.69) is 49.6 Å². The summed E-state index contributed by atoms with van der Waals surface area (Å²) >= 11 is 0. The molecule has 0 saturated carbocycles. The van der Waals surface area contributed by atoms with Crippen LogP contribution < -0.4 is 15.4 Å². The van der Waals surface area contributed by atoms with Crippen LogP contribution in [-0.2, 0) is 4.79 Å². The monoisotopic (exact) mass is 354 g/mol. The Hall–Kier alpha value is -2.49. The second-order valence-corrected chi connectivity index (χ2v) is 7.08. The van der Waals surface area contributed by atoms with Gasteiger partial charge in [0.15, 0.2) is 0 Å². The SMILES string of the molecule is Cc1cccc(C(C)C)c1NCCC(=O)Nc1ccccc1OC(C)C. The number of carbonyl (C=O) groups is 1. The van der Waals surface area contributed by atoms with Crippen LogP contribution in [0, 0.1) is 6.92 Å². The predicted molar refractivity (Wildman–Crippen MR) is 109 cm³/mol. The summed E-state index contributed by atoms with van der Waals surface area (Å²) in [6.07, 6.45) is 0.451. The molecule has 0 bridgehead atoms. The maximum atomic E-state index is 12.3. The summed E-state index contributed by atoms with van der Waals surface area (Å²) in [5.74, 6) is 1.10. The summed E-state index contributed by atoms with van der Waals surface area (Å²) in [4.78, 5) is 12.3. The number of anilines is 2. The number of ether oxygens (including phenoxy) is 1. The second-order valence-electron chi connectivity index (χ2n) is 7.08. The van der Waals surface area contributed by atoms with E-state index in [1.165, 1.54) is 11.1 Å². The minimum Gasteiger partial charge on any atom is -0.489 e. The van der Waals surface area contributed by atoms with E-state index in [4.69, 9.17) is 4.74 Å². The van der Waals surface area contributed by atoms with Gasteiger partial charge in [-0.25, -0.2) is 0 Å². The van der Waals surface area contributed by atoms with Crippen molar-refractivity contribution < 1.29 is 9.53 Å². The van der Waals surface area contributed by atoms with E-state index < -0.39 is 0 Å². The molecule has 2 aromatic rings. The molecular formula is C22H30N2O2. The topological polar surface area (TPSA) is 50.4 Å². The second kappa shape index (κ2) is 9.27. The first-order valence-electron chi connectivity index (χ1n) is 9.27. The highest BCUT2D eigenvalue weighted by Crippen LogP contribution is 2.27. The van der Waals surface area contributed by atoms with Gasteiger partial charge in [0.2, 0.25) is 5.91 Å². The fourth-order valence-electron chi connectivity index (χ4n) is 2.85. The van der Waals surface area contributed by atoms with Crippen molar-refractivity contribution in [1.29, 1.82) is 0 Å². The maximum Gasteiger partial charge on any atom is 0.226 e. The third-order valence-electron chi connectivity index (χ3n) is 4.10. The summed E-state index contributed by atoms with van der Waals surface area (Å²) < 4.78 is 5.75. The van der Waals surface area contributed by atoms with Crippen molar-refractivity contribution in [2.24, 2.45) is 0 Å². The van der Waals surface area contributed by atoms with Crippen molar-refractivity contribution in [1.82, 2.24) is 0 Å². The van der Waals surface area contributed by atoms with Crippen LogP contribution in [-0.4, -0.2) is 18.6 Å². The summed E-state index contributed by atoms with van der Waals surface area (Å²) in [7, 11) is 0. The van der Waals surface area contributed by atoms with Crippen molar-refractivity contribution in [3.63, 3.8) is 0 Å². The molecule has 2 aromatic carbocycles. The van der Waals surface area contributed by atoms with Gasteiger partial charge in [-0.2, -0.15) is 0 Å². The molecule has 0 saturated heterocycles. The Morgan fingerprint density at radius 3 is 2.46 bits per heavy atom. The number of carbonyl (C=O) groups excluding carboxylic acids is 1. The molecule has 2 rings (SSSR count). The maximum absolute atomic E-state index is 12.3. The van der Waals surface area contributed by atoms with Crippen LogP contribution in [0.1, 0.15) is 51.2 Å². The van der Waals surface area contributed by atoms with Gasteiger partial charge in [0.25, 0.3) is 0 Å². The molecule has 0 aliphatic carbocycles. The number of hydrogen-bond donors (Lipinski definition) is 2. The molecule has 0 heterocycles. The lowest BCUT2D eigenvalue weighted by atomic mass is 9.98. The zero-order valence-electron chi connectivity index (χ0n) is 16.4. The average molecular weight is 354 g/mol. The normalized spacial score (nSPS) is 10.9. The molecule has 0 radical (unpaired) electrons. The molecule has 2 N–H and O–H groups in total. The molecule has 0 unspecified atom stereocenters. The molecule has 0 atom stereocenters. The van der Waals surface area contributed by atoms with E-state index >= 15 is 0 Å². The Morgan fingerprint density at radius 1 is 1.04 bits per heavy atom. The number of nitrogens with one attached hydrogen (secondary N) is 2. The van der Waals surface area contributed by atoms with Gasteiger partial charge in [-0.1, -0.05) is 44.2 Å². The quantitative estimate of drug-likeness (QED) is 0.672. The van der Waals surface area contributed by atoms with Crippen molar-refractivity contribution in [2.45, 2.75) is 53.1 Å². The van der Waals surface area contributed by atoms with Crippen LogP contribution in [0.3, 0.4) is 0 Å². The van der Waals surface area contributed by atoms with Gasteiger partial charge < -0.3 is 15.4 Å². The van der Waals surface area contributed by atoms with E-state index in [9.17, 15) is 4.79 Å². The van der Waals surface area contributed by atoms with Crippen LogP contribution in [0.25, 0.3) is 0 Å². The fourth-order valence-corrected chi connectivity index (χ4v) is 2.85. The Morgan fingerprint density at radius 2 is 1.77 bits per heavy atom. The first-order valence-corrected chi connectivity index (χ1v) is 9.27. The van der Waals surface area contributed by atoms with Crippen LogP contribution in [0.4, 0.5) is 11.4 Å². The van der Waals surface area contributed by atoms with Gasteiger partial charge in [0.05, 0.1) is 11.8 Å². The van der Waals surface area contributed by atoms with Gasteiger partial charge in [-0.3, -0.25) is 4.79 Å². The number of para-hydroxylation sites is 3. The number of aryl methyl sites for hydroxylation is 1. The fraction of sp³-hybridized carbons (Fsp3) is 0.409. The summed E-state index contributed by atoms with van der Waals surface area (Å²) in [5, 5.41) is 6.38. The molecule has 0 aliphatic heterocycles. The van der Waals surface area contributed by atoms with E-state index in [0.717, 1.165) is 5.69 Å². The molecule has 0 aliphatic rings. The van der Waals surface area contributed by atoms with Crippen LogP contribution in [0.15, 0.2) is 42.5 Å². The molecule has 0 aromatic heterocycles. The molecule has 4 heteroatoms. The van der Waals surface area contributed by atoms with Gasteiger partial charge in [0.1, 0.15) is 5.75 Å². The lowest BCUT2D eigenvalue weighted by molar-refractivity contribution is -0.116. The highest BCUT2D eigenvalue weighted by atomic mass is 16.5. The molecule has 0 fully saturated rings. The Labute approximate surface area is 157 Å². The largest absolute Gasteiger partial charge is 0.489 e.